The molecule has 0 saturated carbocycles. The van der Waals surface area contributed by atoms with E-state index in [1.54, 1.807) is 37.3 Å². The molecular weight excluding hydrogens is 284 g/mol. The van der Waals surface area contributed by atoms with E-state index < -0.39 is 5.97 Å². The SMILES string of the molecule is C=CCNC(=O)CN(C(C)=O)c1ccc(C(=O)OCC)cc1. The average Bonchev–Trinajstić information content (AvgIpc) is 2.50. The third-order valence-corrected chi connectivity index (χ3v) is 2.82. The van der Waals surface area contributed by atoms with Gasteiger partial charge in [-0.05, 0) is 31.2 Å². The molecule has 0 spiro atoms. The lowest BCUT2D eigenvalue weighted by Gasteiger charge is -2.20. The molecule has 0 aliphatic carbocycles. The minimum Gasteiger partial charge on any atom is -0.462 e. The van der Waals surface area contributed by atoms with Crippen LogP contribution >= 0.6 is 0 Å². The van der Waals surface area contributed by atoms with Gasteiger partial charge < -0.3 is 15.0 Å². The molecule has 0 aliphatic heterocycles. The summed E-state index contributed by atoms with van der Waals surface area (Å²) < 4.78 is 4.89. The summed E-state index contributed by atoms with van der Waals surface area (Å²) in [6.07, 6.45) is 1.56. The van der Waals surface area contributed by atoms with Crippen molar-refractivity contribution in [2.45, 2.75) is 13.8 Å². The van der Waals surface area contributed by atoms with Gasteiger partial charge in [0.05, 0.1) is 12.2 Å². The van der Waals surface area contributed by atoms with Crippen molar-refractivity contribution < 1.29 is 19.1 Å². The highest BCUT2D eigenvalue weighted by atomic mass is 16.5. The summed E-state index contributed by atoms with van der Waals surface area (Å²) in [6.45, 7) is 7.15. The zero-order valence-electron chi connectivity index (χ0n) is 12.8. The van der Waals surface area contributed by atoms with E-state index in [0.717, 1.165) is 0 Å². The van der Waals surface area contributed by atoms with Crippen LogP contribution in [-0.2, 0) is 14.3 Å². The number of carbonyl (C=O) groups is 3. The molecule has 1 aromatic carbocycles. The monoisotopic (exact) mass is 304 g/mol. The highest BCUT2D eigenvalue weighted by Gasteiger charge is 2.16. The summed E-state index contributed by atoms with van der Waals surface area (Å²) in [5, 5.41) is 2.61. The molecule has 0 radical (unpaired) electrons. The normalized spacial score (nSPS) is 9.73. The smallest absolute Gasteiger partial charge is 0.338 e. The summed E-state index contributed by atoms with van der Waals surface area (Å²) in [4.78, 5) is 36.3. The van der Waals surface area contributed by atoms with Crippen molar-refractivity contribution in [3.63, 3.8) is 0 Å². The molecule has 0 atom stereocenters. The molecule has 0 aliphatic rings. The predicted molar refractivity (Wildman–Crippen MR) is 83.6 cm³/mol. The summed E-state index contributed by atoms with van der Waals surface area (Å²) in [5.41, 5.74) is 0.930. The van der Waals surface area contributed by atoms with Gasteiger partial charge >= 0.3 is 5.97 Å². The van der Waals surface area contributed by atoms with Gasteiger partial charge in [-0.15, -0.1) is 6.58 Å². The number of anilines is 1. The molecule has 0 fully saturated rings. The number of benzene rings is 1. The molecule has 0 aromatic heterocycles. The fourth-order valence-corrected chi connectivity index (χ4v) is 1.76. The highest BCUT2D eigenvalue weighted by molar-refractivity contribution is 5.98. The number of esters is 1. The second-order valence-corrected chi connectivity index (χ2v) is 4.47. The fourth-order valence-electron chi connectivity index (χ4n) is 1.76. The Bertz CT molecular complexity index is 552. The molecule has 6 heteroatoms. The Labute approximate surface area is 129 Å². The van der Waals surface area contributed by atoms with Crippen molar-refractivity contribution in [2.24, 2.45) is 0 Å². The maximum atomic E-state index is 11.7. The summed E-state index contributed by atoms with van der Waals surface area (Å²) in [6, 6.07) is 6.33. The lowest BCUT2D eigenvalue weighted by atomic mass is 10.2. The molecule has 0 heterocycles. The van der Waals surface area contributed by atoms with E-state index in [1.165, 1.54) is 11.8 Å². The first-order chi connectivity index (χ1) is 10.5. The molecule has 0 saturated heterocycles. The highest BCUT2D eigenvalue weighted by Crippen LogP contribution is 2.16. The lowest BCUT2D eigenvalue weighted by molar-refractivity contribution is -0.122. The minimum absolute atomic E-state index is 0.0953. The molecule has 1 N–H and O–H groups in total. The van der Waals surface area contributed by atoms with E-state index in [-0.39, 0.29) is 18.4 Å². The van der Waals surface area contributed by atoms with Crippen molar-refractivity contribution in [1.29, 1.82) is 0 Å². The zero-order valence-corrected chi connectivity index (χ0v) is 12.8. The Morgan fingerprint density at radius 3 is 2.41 bits per heavy atom. The fraction of sp³-hybridized carbons (Fsp3) is 0.312. The number of nitrogens with zero attached hydrogens (tertiary/aromatic N) is 1. The number of rotatable bonds is 7. The number of ether oxygens (including phenoxy) is 1. The van der Waals surface area contributed by atoms with Crippen LogP contribution in [0.1, 0.15) is 24.2 Å². The Hall–Kier alpha value is -2.63. The van der Waals surface area contributed by atoms with E-state index in [4.69, 9.17) is 4.74 Å². The van der Waals surface area contributed by atoms with Crippen LogP contribution < -0.4 is 10.2 Å². The van der Waals surface area contributed by atoms with E-state index in [0.29, 0.717) is 24.4 Å². The largest absolute Gasteiger partial charge is 0.462 e. The van der Waals surface area contributed by atoms with Crippen LogP contribution in [0.3, 0.4) is 0 Å². The second-order valence-electron chi connectivity index (χ2n) is 4.47. The van der Waals surface area contributed by atoms with Crippen LogP contribution in [0.2, 0.25) is 0 Å². The van der Waals surface area contributed by atoms with E-state index in [2.05, 4.69) is 11.9 Å². The molecule has 1 rings (SSSR count). The van der Waals surface area contributed by atoms with Gasteiger partial charge in [0.1, 0.15) is 6.54 Å². The molecule has 0 unspecified atom stereocenters. The van der Waals surface area contributed by atoms with Crippen LogP contribution in [0.15, 0.2) is 36.9 Å². The van der Waals surface area contributed by atoms with Crippen molar-refractivity contribution >= 4 is 23.5 Å². The molecule has 6 nitrogen and oxygen atoms in total. The number of hydrogen-bond donors (Lipinski definition) is 1. The number of nitrogens with one attached hydrogen (secondary N) is 1. The predicted octanol–water partition coefficient (Wildman–Crippen LogP) is 1.52. The van der Waals surface area contributed by atoms with Crippen LogP contribution in [0.4, 0.5) is 5.69 Å². The summed E-state index contributed by atoms with van der Waals surface area (Å²) >= 11 is 0. The van der Waals surface area contributed by atoms with E-state index in [1.807, 2.05) is 0 Å². The van der Waals surface area contributed by atoms with E-state index in [9.17, 15) is 14.4 Å². The third-order valence-electron chi connectivity index (χ3n) is 2.82. The van der Waals surface area contributed by atoms with Crippen molar-refractivity contribution in [2.75, 3.05) is 24.6 Å². The van der Waals surface area contributed by atoms with Gasteiger partial charge in [-0.3, -0.25) is 9.59 Å². The van der Waals surface area contributed by atoms with E-state index >= 15 is 0 Å². The first kappa shape index (κ1) is 17.4. The van der Waals surface area contributed by atoms with Gasteiger partial charge in [0, 0.05) is 19.2 Å². The minimum atomic E-state index is -0.424. The number of carbonyl (C=O) groups excluding carboxylic acids is 3. The van der Waals surface area contributed by atoms with Gasteiger partial charge in [0.15, 0.2) is 0 Å². The van der Waals surface area contributed by atoms with Gasteiger partial charge in [-0.2, -0.15) is 0 Å². The Balaban J connectivity index is 2.84. The molecular formula is C16H20N2O4. The van der Waals surface area contributed by atoms with Crippen LogP contribution in [-0.4, -0.2) is 37.5 Å². The van der Waals surface area contributed by atoms with Gasteiger partial charge in [0.2, 0.25) is 11.8 Å². The molecule has 1 aromatic rings. The third kappa shape index (κ3) is 5.05. The molecule has 118 valence electrons. The van der Waals surface area contributed by atoms with Gasteiger partial charge in [-0.25, -0.2) is 4.79 Å². The molecule has 0 bridgehead atoms. The maximum absolute atomic E-state index is 11.7. The first-order valence-electron chi connectivity index (χ1n) is 6.92. The summed E-state index contributed by atoms with van der Waals surface area (Å²) in [5.74, 6) is -0.977. The van der Waals surface area contributed by atoms with Crippen molar-refractivity contribution in [3.05, 3.63) is 42.5 Å². The average molecular weight is 304 g/mol. The Morgan fingerprint density at radius 1 is 1.27 bits per heavy atom. The maximum Gasteiger partial charge on any atom is 0.338 e. The number of hydrogen-bond acceptors (Lipinski definition) is 4. The van der Waals surface area contributed by atoms with Gasteiger partial charge in [-0.1, -0.05) is 6.08 Å². The number of amides is 2. The zero-order chi connectivity index (χ0) is 16.5. The lowest BCUT2D eigenvalue weighted by Crippen LogP contribution is -2.39. The van der Waals surface area contributed by atoms with Crippen molar-refractivity contribution in [1.82, 2.24) is 5.32 Å². The van der Waals surface area contributed by atoms with Crippen molar-refractivity contribution in [3.8, 4) is 0 Å². The van der Waals surface area contributed by atoms with Crippen LogP contribution in [0.25, 0.3) is 0 Å². The van der Waals surface area contributed by atoms with Gasteiger partial charge in [0.25, 0.3) is 0 Å². The topological polar surface area (TPSA) is 75.7 Å². The standard InChI is InChI=1S/C16H20N2O4/c1-4-10-17-15(20)11-18(12(3)19)14-8-6-13(7-9-14)16(21)22-5-2/h4,6-9H,1,5,10-11H2,2-3H3,(H,17,20). The Morgan fingerprint density at radius 2 is 1.91 bits per heavy atom. The quantitative estimate of drug-likeness (QED) is 0.612. The first-order valence-corrected chi connectivity index (χ1v) is 6.92. The van der Waals surface area contributed by atoms with Crippen LogP contribution in [0.5, 0.6) is 0 Å². The van der Waals surface area contributed by atoms with Crippen LogP contribution in [0, 0.1) is 0 Å². The Kier molecular flexibility index (Phi) is 6.82. The molecule has 22 heavy (non-hydrogen) atoms. The molecule has 2 amide bonds. The summed E-state index contributed by atoms with van der Waals surface area (Å²) in [7, 11) is 0. The second kappa shape index (κ2) is 8.61.